The van der Waals surface area contributed by atoms with Gasteiger partial charge in [0.2, 0.25) is 11.8 Å². The summed E-state index contributed by atoms with van der Waals surface area (Å²) in [6.45, 7) is 1.77. The average Bonchev–Trinajstić information content (AvgIpc) is 3.17. The van der Waals surface area contributed by atoms with Crippen molar-refractivity contribution in [3.63, 3.8) is 0 Å². The molecule has 0 bridgehead atoms. The highest BCUT2D eigenvalue weighted by molar-refractivity contribution is 7.90. The van der Waals surface area contributed by atoms with Gasteiger partial charge in [-0.05, 0) is 31.4 Å². The number of sulfone groups is 1. The van der Waals surface area contributed by atoms with Gasteiger partial charge in [-0.1, -0.05) is 0 Å². The van der Waals surface area contributed by atoms with E-state index in [4.69, 9.17) is 0 Å². The van der Waals surface area contributed by atoms with Gasteiger partial charge in [0.15, 0.2) is 15.7 Å². The molecule has 0 aliphatic carbocycles. The summed E-state index contributed by atoms with van der Waals surface area (Å²) in [7, 11) is -3.50. The average molecular weight is 444 g/mol. The van der Waals surface area contributed by atoms with Crippen LogP contribution in [0.4, 0.5) is 0 Å². The first kappa shape index (κ1) is 21.4. The van der Waals surface area contributed by atoms with E-state index in [9.17, 15) is 18.0 Å². The highest BCUT2D eigenvalue weighted by Crippen LogP contribution is 2.32. The molecular weight excluding hydrogens is 418 g/mol. The fraction of sp³-hybridized carbons (Fsp3) is 0.476. The molecule has 2 amide bonds. The molecule has 4 heterocycles. The Balaban J connectivity index is 1.51. The lowest BCUT2D eigenvalue weighted by Crippen LogP contribution is -2.44. The third-order valence-corrected chi connectivity index (χ3v) is 6.97. The van der Waals surface area contributed by atoms with Crippen LogP contribution in [0.25, 0.3) is 11.4 Å². The van der Waals surface area contributed by atoms with Gasteiger partial charge in [0.25, 0.3) is 0 Å². The van der Waals surface area contributed by atoms with Crippen LogP contribution in [0.1, 0.15) is 37.3 Å². The molecule has 0 radical (unpaired) electrons. The lowest BCUT2D eigenvalue weighted by atomic mass is 9.93. The van der Waals surface area contributed by atoms with Crippen molar-refractivity contribution < 1.29 is 18.0 Å². The third-order valence-electron chi connectivity index (χ3n) is 5.85. The Morgan fingerprint density at radius 2 is 1.87 bits per heavy atom. The summed E-state index contributed by atoms with van der Waals surface area (Å²) in [5.41, 5.74) is 1.27. The van der Waals surface area contributed by atoms with E-state index in [0.717, 1.165) is 18.2 Å². The van der Waals surface area contributed by atoms with E-state index in [2.05, 4.69) is 15.0 Å². The Hall–Kier alpha value is -2.88. The number of rotatable bonds is 5. The minimum atomic E-state index is -3.50. The van der Waals surface area contributed by atoms with Crippen LogP contribution in [0.3, 0.4) is 0 Å². The zero-order chi connectivity index (χ0) is 22.0. The molecule has 2 fully saturated rings. The molecule has 0 saturated carbocycles. The molecule has 10 heteroatoms. The number of carbonyl (C=O) groups excluding carboxylic acids is 2. The monoisotopic (exact) mass is 443 g/mol. The van der Waals surface area contributed by atoms with Crippen LogP contribution >= 0.6 is 0 Å². The summed E-state index contributed by atoms with van der Waals surface area (Å²) in [4.78, 5) is 40.8. The number of carbonyl (C=O) groups is 2. The van der Waals surface area contributed by atoms with E-state index < -0.39 is 9.84 Å². The van der Waals surface area contributed by atoms with Gasteiger partial charge in [-0.25, -0.2) is 18.4 Å². The lowest BCUT2D eigenvalue weighted by molar-refractivity contribution is -0.139. The number of hydrogen-bond donors (Lipinski definition) is 0. The molecule has 2 aliphatic heterocycles. The maximum Gasteiger partial charge on any atom is 0.242 e. The first-order valence-corrected chi connectivity index (χ1v) is 12.2. The van der Waals surface area contributed by atoms with E-state index in [0.29, 0.717) is 50.4 Å². The van der Waals surface area contributed by atoms with E-state index >= 15 is 0 Å². The van der Waals surface area contributed by atoms with Crippen molar-refractivity contribution in [2.45, 2.75) is 36.5 Å². The molecule has 0 aromatic carbocycles. The smallest absolute Gasteiger partial charge is 0.242 e. The second-order valence-electron chi connectivity index (χ2n) is 8.03. The second-order valence-corrected chi connectivity index (χ2v) is 10.0. The summed E-state index contributed by atoms with van der Waals surface area (Å²) >= 11 is 0. The number of hydrogen-bond acceptors (Lipinski definition) is 7. The first-order chi connectivity index (χ1) is 14.8. The molecule has 2 aromatic heterocycles. The van der Waals surface area contributed by atoms with Crippen molar-refractivity contribution in [2.75, 3.05) is 32.4 Å². The Labute approximate surface area is 181 Å². The topological polar surface area (TPSA) is 113 Å². The summed E-state index contributed by atoms with van der Waals surface area (Å²) in [6.07, 6.45) is 8.34. The summed E-state index contributed by atoms with van der Waals surface area (Å²) in [5, 5.41) is 0. The van der Waals surface area contributed by atoms with Crippen LogP contribution in [0.5, 0.6) is 0 Å². The number of pyridine rings is 1. The van der Waals surface area contributed by atoms with Crippen molar-refractivity contribution in [1.82, 2.24) is 24.8 Å². The molecule has 2 saturated heterocycles. The molecule has 164 valence electrons. The quantitative estimate of drug-likeness (QED) is 0.684. The van der Waals surface area contributed by atoms with Crippen molar-refractivity contribution in [2.24, 2.45) is 0 Å². The predicted octanol–water partition coefficient (Wildman–Crippen LogP) is 1.27. The van der Waals surface area contributed by atoms with Crippen LogP contribution in [-0.4, -0.2) is 77.4 Å². The minimum Gasteiger partial charge on any atom is -0.341 e. The Morgan fingerprint density at radius 3 is 2.48 bits per heavy atom. The molecule has 4 rings (SSSR count). The number of piperidine rings is 1. The molecule has 0 N–H and O–H groups in total. The highest BCUT2D eigenvalue weighted by atomic mass is 32.2. The molecule has 31 heavy (non-hydrogen) atoms. The SMILES string of the molecule is CS(=O)(=O)c1cnc(-c2ccncc2)nc1C1CCN(C(=O)CN2CCCC2=O)CC1. The summed E-state index contributed by atoms with van der Waals surface area (Å²) in [6, 6.07) is 3.56. The van der Waals surface area contributed by atoms with Crippen LogP contribution in [0, 0.1) is 0 Å². The van der Waals surface area contributed by atoms with Crippen molar-refractivity contribution in [3.8, 4) is 11.4 Å². The molecule has 2 aliphatic rings. The Kier molecular flexibility index (Phi) is 5.99. The molecular formula is C21H25N5O4S. The van der Waals surface area contributed by atoms with E-state index in [1.165, 1.54) is 6.20 Å². The number of nitrogens with zero attached hydrogens (tertiary/aromatic N) is 5. The summed E-state index contributed by atoms with van der Waals surface area (Å²) in [5.74, 6) is 0.337. The number of aromatic nitrogens is 3. The Morgan fingerprint density at radius 1 is 1.16 bits per heavy atom. The van der Waals surface area contributed by atoms with E-state index in [1.54, 1.807) is 34.3 Å². The van der Waals surface area contributed by atoms with Gasteiger partial charge in [0.1, 0.15) is 4.90 Å². The van der Waals surface area contributed by atoms with Crippen LogP contribution in [0.2, 0.25) is 0 Å². The zero-order valence-electron chi connectivity index (χ0n) is 17.4. The van der Waals surface area contributed by atoms with Gasteiger partial charge >= 0.3 is 0 Å². The van der Waals surface area contributed by atoms with Crippen molar-refractivity contribution in [3.05, 3.63) is 36.4 Å². The fourth-order valence-corrected chi connectivity index (χ4v) is 4.98. The van der Waals surface area contributed by atoms with Gasteiger partial charge in [-0.2, -0.15) is 0 Å². The van der Waals surface area contributed by atoms with Gasteiger partial charge in [-0.3, -0.25) is 14.6 Å². The Bertz CT molecular complexity index is 1080. The van der Waals surface area contributed by atoms with Gasteiger partial charge < -0.3 is 9.80 Å². The minimum absolute atomic E-state index is 0.0330. The molecule has 2 aromatic rings. The molecule has 0 atom stereocenters. The third kappa shape index (κ3) is 4.73. The van der Waals surface area contributed by atoms with Crippen molar-refractivity contribution in [1.29, 1.82) is 0 Å². The predicted molar refractivity (Wildman–Crippen MR) is 113 cm³/mol. The lowest BCUT2D eigenvalue weighted by Gasteiger charge is -2.33. The maximum absolute atomic E-state index is 12.6. The van der Waals surface area contributed by atoms with Crippen LogP contribution < -0.4 is 0 Å². The van der Waals surface area contributed by atoms with Crippen LogP contribution in [0.15, 0.2) is 35.6 Å². The standard InChI is InChI=1S/C21H25N5O4S/c1-31(29,30)17-13-23-21(16-4-8-22-9-5-16)24-20(17)15-6-11-25(12-7-15)19(28)14-26-10-2-3-18(26)27/h4-5,8-9,13,15H,2-3,6-7,10-12,14H2,1H3. The number of amides is 2. The van der Waals surface area contributed by atoms with Crippen LogP contribution in [-0.2, 0) is 19.4 Å². The normalized spacial score (nSPS) is 17.9. The first-order valence-electron chi connectivity index (χ1n) is 10.4. The van der Waals surface area contributed by atoms with E-state index in [-0.39, 0.29) is 29.2 Å². The summed E-state index contributed by atoms with van der Waals surface area (Å²) < 4.78 is 24.7. The van der Waals surface area contributed by atoms with E-state index in [1.807, 2.05) is 0 Å². The molecule has 9 nitrogen and oxygen atoms in total. The van der Waals surface area contributed by atoms with Gasteiger partial charge in [-0.15, -0.1) is 0 Å². The highest BCUT2D eigenvalue weighted by Gasteiger charge is 2.31. The zero-order valence-corrected chi connectivity index (χ0v) is 18.2. The largest absolute Gasteiger partial charge is 0.341 e. The fourth-order valence-electron chi connectivity index (χ4n) is 4.14. The van der Waals surface area contributed by atoms with Gasteiger partial charge in [0.05, 0.1) is 12.2 Å². The molecule has 0 spiro atoms. The second kappa shape index (κ2) is 8.70. The molecule has 0 unspecified atom stereocenters. The maximum atomic E-state index is 12.6. The number of likely N-dealkylation sites (tertiary alicyclic amines) is 2. The van der Waals surface area contributed by atoms with Gasteiger partial charge in [0, 0.05) is 62.4 Å². The van der Waals surface area contributed by atoms with Crippen molar-refractivity contribution >= 4 is 21.7 Å².